The van der Waals surface area contributed by atoms with Crippen molar-refractivity contribution in [3.05, 3.63) is 39.3 Å². The molecule has 5 nitrogen and oxygen atoms in total. The number of ether oxygens (including phenoxy) is 1. The number of hydrogen-bond acceptors (Lipinski definition) is 5. The van der Waals surface area contributed by atoms with Gasteiger partial charge in [0.2, 0.25) is 0 Å². The maximum absolute atomic E-state index is 11.3. The number of carbonyl (C=O) groups excluding carboxylic acids is 1. The molecule has 4 N–H and O–H groups in total. The Labute approximate surface area is 115 Å². The van der Waals surface area contributed by atoms with Crippen LogP contribution in [-0.4, -0.2) is 10.9 Å². The van der Waals surface area contributed by atoms with Crippen molar-refractivity contribution in [3.8, 4) is 5.75 Å². The molecule has 0 saturated carbocycles. The molecular weight excluding hydrogens is 262 g/mol. The molecule has 6 heteroatoms. The Hall–Kier alpha value is -2.08. The Balaban J connectivity index is 2.19. The third-order valence-corrected chi connectivity index (χ3v) is 3.74. The summed E-state index contributed by atoms with van der Waals surface area (Å²) >= 11 is 1.57. The summed E-state index contributed by atoms with van der Waals surface area (Å²) in [6.45, 7) is 4.25. The summed E-state index contributed by atoms with van der Waals surface area (Å²) in [5.41, 5.74) is 12.8. The van der Waals surface area contributed by atoms with E-state index in [0.717, 1.165) is 15.6 Å². The molecule has 0 unspecified atom stereocenters. The second-order valence-electron chi connectivity index (χ2n) is 4.16. The van der Waals surface area contributed by atoms with Crippen LogP contribution < -0.4 is 16.2 Å². The van der Waals surface area contributed by atoms with E-state index >= 15 is 0 Å². The molecule has 0 aliphatic heterocycles. The number of amides is 1. The average molecular weight is 277 g/mol. The Morgan fingerprint density at radius 1 is 1.42 bits per heavy atom. The van der Waals surface area contributed by atoms with Gasteiger partial charge in [-0.1, -0.05) is 0 Å². The van der Waals surface area contributed by atoms with Gasteiger partial charge in [0.15, 0.2) is 0 Å². The van der Waals surface area contributed by atoms with E-state index < -0.39 is 5.91 Å². The molecule has 100 valence electrons. The monoisotopic (exact) mass is 277 g/mol. The largest absolute Gasteiger partial charge is 0.486 e. The van der Waals surface area contributed by atoms with E-state index in [1.54, 1.807) is 29.5 Å². The van der Waals surface area contributed by atoms with E-state index in [9.17, 15) is 4.79 Å². The molecule has 0 radical (unpaired) electrons. The molecule has 1 heterocycles. The number of thiazole rings is 1. The highest BCUT2D eigenvalue weighted by Crippen LogP contribution is 2.24. The summed E-state index contributed by atoms with van der Waals surface area (Å²) in [5.74, 6) is -0.153. The van der Waals surface area contributed by atoms with E-state index in [-0.39, 0.29) is 0 Å². The van der Waals surface area contributed by atoms with E-state index in [0.29, 0.717) is 23.6 Å². The molecule has 0 aliphatic carbocycles. The number of benzene rings is 1. The predicted octanol–water partition coefficient (Wildman–Crippen LogP) is 2.02. The van der Waals surface area contributed by atoms with Crippen LogP contribution >= 0.6 is 11.3 Å². The number of nitrogens with zero attached hydrogens (tertiary/aromatic N) is 1. The number of hydrogen-bond donors (Lipinski definition) is 2. The molecule has 0 fully saturated rings. The molecule has 1 aromatic heterocycles. The fraction of sp³-hybridized carbons (Fsp3) is 0.231. The second-order valence-corrected chi connectivity index (χ2v) is 5.45. The normalized spacial score (nSPS) is 10.4. The summed E-state index contributed by atoms with van der Waals surface area (Å²) in [5, 5.41) is 0.854. The van der Waals surface area contributed by atoms with Gasteiger partial charge in [-0.05, 0) is 26.0 Å². The predicted molar refractivity (Wildman–Crippen MR) is 75.3 cm³/mol. The van der Waals surface area contributed by atoms with Gasteiger partial charge >= 0.3 is 0 Å². The maximum Gasteiger partial charge on any atom is 0.252 e. The first-order chi connectivity index (χ1) is 8.97. The summed E-state index contributed by atoms with van der Waals surface area (Å²) in [6, 6.07) is 4.77. The molecule has 0 atom stereocenters. The van der Waals surface area contributed by atoms with Gasteiger partial charge in [0.1, 0.15) is 17.4 Å². The number of carbonyl (C=O) groups is 1. The summed E-state index contributed by atoms with van der Waals surface area (Å²) in [4.78, 5) is 16.8. The van der Waals surface area contributed by atoms with Gasteiger partial charge in [-0.15, -0.1) is 11.3 Å². The average Bonchev–Trinajstić information content (AvgIpc) is 2.66. The van der Waals surface area contributed by atoms with Gasteiger partial charge in [-0.3, -0.25) is 4.79 Å². The van der Waals surface area contributed by atoms with Gasteiger partial charge < -0.3 is 16.2 Å². The minimum Gasteiger partial charge on any atom is -0.486 e. The zero-order valence-corrected chi connectivity index (χ0v) is 11.6. The van der Waals surface area contributed by atoms with Gasteiger partial charge in [-0.2, -0.15) is 0 Å². The maximum atomic E-state index is 11.3. The van der Waals surface area contributed by atoms with Crippen molar-refractivity contribution < 1.29 is 9.53 Å². The lowest BCUT2D eigenvalue weighted by Gasteiger charge is -2.09. The zero-order valence-electron chi connectivity index (χ0n) is 10.8. The van der Waals surface area contributed by atoms with Crippen LogP contribution in [0.4, 0.5) is 5.69 Å². The fourth-order valence-electron chi connectivity index (χ4n) is 1.60. The van der Waals surface area contributed by atoms with E-state index in [2.05, 4.69) is 4.98 Å². The lowest BCUT2D eigenvalue weighted by Crippen LogP contribution is -2.13. The summed E-state index contributed by atoms with van der Waals surface area (Å²) in [6.07, 6.45) is 0. The highest BCUT2D eigenvalue weighted by atomic mass is 32.1. The van der Waals surface area contributed by atoms with Gasteiger partial charge in [0.25, 0.3) is 5.91 Å². The number of anilines is 1. The Morgan fingerprint density at radius 2 is 2.16 bits per heavy atom. The number of aromatic nitrogens is 1. The van der Waals surface area contributed by atoms with Gasteiger partial charge in [-0.25, -0.2) is 4.98 Å². The first-order valence-electron chi connectivity index (χ1n) is 5.72. The number of nitrogens with two attached hydrogens (primary N) is 2. The first kappa shape index (κ1) is 13.4. The van der Waals surface area contributed by atoms with Crippen LogP contribution in [0.3, 0.4) is 0 Å². The molecule has 19 heavy (non-hydrogen) atoms. The van der Waals surface area contributed by atoms with Crippen molar-refractivity contribution >= 4 is 22.9 Å². The standard InChI is InChI=1S/C13H15N3O2S/c1-7-8(2)19-12(16-7)6-18-11-5-9(14)3-4-10(11)13(15)17/h3-5H,6,14H2,1-2H3,(H2,15,17). The third kappa shape index (κ3) is 3.03. The fourth-order valence-corrected chi connectivity index (χ4v) is 2.45. The highest BCUT2D eigenvalue weighted by molar-refractivity contribution is 7.11. The van der Waals surface area contributed by atoms with Crippen LogP contribution in [0, 0.1) is 13.8 Å². The lowest BCUT2D eigenvalue weighted by molar-refractivity contribution is 0.0996. The van der Waals surface area contributed by atoms with E-state index in [1.807, 2.05) is 13.8 Å². The van der Waals surface area contributed by atoms with Crippen LogP contribution in [0.15, 0.2) is 18.2 Å². The quantitative estimate of drug-likeness (QED) is 0.836. The van der Waals surface area contributed by atoms with Crippen LogP contribution in [0.1, 0.15) is 25.9 Å². The molecule has 2 aromatic rings. The number of rotatable bonds is 4. The van der Waals surface area contributed by atoms with Crippen molar-refractivity contribution in [1.29, 1.82) is 0 Å². The van der Waals surface area contributed by atoms with Crippen molar-refractivity contribution in [1.82, 2.24) is 4.98 Å². The van der Waals surface area contributed by atoms with Crippen LogP contribution in [-0.2, 0) is 6.61 Å². The molecule has 0 bridgehead atoms. The smallest absolute Gasteiger partial charge is 0.252 e. The number of aryl methyl sites for hydroxylation is 2. The van der Waals surface area contributed by atoms with Crippen molar-refractivity contribution in [2.24, 2.45) is 5.73 Å². The summed E-state index contributed by atoms with van der Waals surface area (Å²) in [7, 11) is 0. The SMILES string of the molecule is Cc1nc(COc2cc(N)ccc2C(N)=O)sc1C. The minimum atomic E-state index is -0.540. The molecule has 0 saturated heterocycles. The zero-order chi connectivity index (χ0) is 14.0. The number of nitrogen functional groups attached to an aromatic ring is 1. The molecule has 1 aromatic carbocycles. The van der Waals surface area contributed by atoms with E-state index in [4.69, 9.17) is 16.2 Å². The highest BCUT2D eigenvalue weighted by Gasteiger charge is 2.11. The molecule has 1 amide bonds. The van der Waals surface area contributed by atoms with E-state index in [1.165, 1.54) is 0 Å². The lowest BCUT2D eigenvalue weighted by atomic mass is 10.2. The molecule has 0 aliphatic rings. The number of primary amides is 1. The van der Waals surface area contributed by atoms with Crippen LogP contribution in [0.5, 0.6) is 5.75 Å². The van der Waals surface area contributed by atoms with Crippen LogP contribution in [0.2, 0.25) is 0 Å². The van der Waals surface area contributed by atoms with Gasteiger partial charge in [0.05, 0.1) is 11.3 Å². The topological polar surface area (TPSA) is 91.2 Å². The van der Waals surface area contributed by atoms with Crippen molar-refractivity contribution in [2.75, 3.05) is 5.73 Å². The van der Waals surface area contributed by atoms with Crippen LogP contribution in [0.25, 0.3) is 0 Å². The Kier molecular flexibility index (Phi) is 3.71. The van der Waals surface area contributed by atoms with Crippen molar-refractivity contribution in [2.45, 2.75) is 20.5 Å². The molecule has 0 spiro atoms. The molecule has 2 rings (SSSR count). The van der Waals surface area contributed by atoms with Crippen molar-refractivity contribution in [3.63, 3.8) is 0 Å². The van der Waals surface area contributed by atoms with Gasteiger partial charge in [0, 0.05) is 16.6 Å². The molecular formula is C13H15N3O2S. The second kappa shape index (κ2) is 5.27. The first-order valence-corrected chi connectivity index (χ1v) is 6.54. The summed E-state index contributed by atoms with van der Waals surface area (Å²) < 4.78 is 5.60. The third-order valence-electron chi connectivity index (χ3n) is 2.70. The Morgan fingerprint density at radius 3 is 2.74 bits per heavy atom. The minimum absolute atomic E-state index is 0.295. The Bertz CT molecular complexity index is 603.